The van der Waals surface area contributed by atoms with Gasteiger partial charge in [-0.2, -0.15) is 5.26 Å². The fraction of sp³-hybridized carbons (Fsp3) is 0.323. The predicted molar refractivity (Wildman–Crippen MR) is 164 cm³/mol. The first-order valence-corrected chi connectivity index (χ1v) is 14.8. The van der Waals surface area contributed by atoms with Crippen molar-refractivity contribution in [2.45, 2.75) is 18.3 Å². The molecule has 0 radical (unpaired) electrons. The average Bonchev–Trinajstić information content (AvgIpc) is 3.72. The van der Waals surface area contributed by atoms with E-state index in [1.165, 1.54) is 18.4 Å². The van der Waals surface area contributed by atoms with Gasteiger partial charge in [0.05, 0.1) is 25.1 Å². The van der Waals surface area contributed by atoms with Crippen LogP contribution < -0.4 is 20.1 Å². The number of rotatable bonds is 9. The summed E-state index contributed by atoms with van der Waals surface area (Å²) in [7, 11) is 3.61. The van der Waals surface area contributed by atoms with Crippen LogP contribution in [0, 0.1) is 11.3 Å². The molecule has 12 heteroatoms. The molecule has 6 rings (SSSR count). The van der Waals surface area contributed by atoms with E-state index in [2.05, 4.69) is 43.5 Å². The summed E-state index contributed by atoms with van der Waals surface area (Å²) in [6.07, 6.45) is 1.62. The zero-order valence-electron chi connectivity index (χ0n) is 23.9. The van der Waals surface area contributed by atoms with Gasteiger partial charge in [-0.05, 0) is 55.8 Å². The molecule has 2 amide bonds. The lowest BCUT2D eigenvalue weighted by molar-refractivity contribution is -0.117. The van der Waals surface area contributed by atoms with Crippen molar-refractivity contribution < 1.29 is 19.1 Å². The number of hydrogen-bond donors (Lipinski definition) is 2. The first-order chi connectivity index (χ1) is 20.8. The normalized spacial score (nSPS) is 16.3. The van der Waals surface area contributed by atoms with Gasteiger partial charge in [-0.3, -0.25) is 14.5 Å². The van der Waals surface area contributed by atoms with Crippen molar-refractivity contribution in [3.05, 3.63) is 65.7 Å². The number of piperazine rings is 1. The molecule has 1 aliphatic heterocycles. The molecule has 4 aromatic rings. The molecule has 2 aromatic heterocycles. The molecule has 0 bridgehead atoms. The van der Waals surface area contributed by atoms with E-state index in [1.807, 2.05) is 6.07 Å². The van der Waals surface area contributed by atoms with Gasteiger partial charge < -0.3 is 25.0 Å². The van der Waals surface area contributed by atoms with E-state index < -0.39 is 5.41 Å². The minimum Gasteiger partial charge on any atom is -0.493 e. The summed E-state index contributed by atoms with van der Waals surface area (Å²) in [5.74, 6) is 0.748. The van der Waals surface area contributed by atoms with E-state index in [0.29, 0.717) is 50.7 Å². The second-order valence-corrected chi connectivity index (χ2v) is 11.8. The third-order valence-electron chi connectivity index (χ3n) is 7.72. The van der Waals surface area contributed by atoms with Crippen LogP contribution in [-0.4, -0.2) is 78.5 Å². The fourth-order valence-corrected chi connectivity index (χ4v) is 5.82. The molecule has 11 nitrogen and oxygen atoms in total. The standard InChI is InChI=1S/C31H31N7O4S/c1-37-12-14-38(15-13-37)18-26(39)35-30-34-23-7-9-27(36-29(23)43-30)42-25-17-22(6-8-24(25)41-2)33-28(40)20-4-3-5-21(16-20)31(19-32)10-11-31/h3-9,16-17H,10-15,18H2,1-2H3,(H,33,40)(H,34,35,39). The van der Waals surface area contributed by atoms with Crippen molar-refractivity contribution in [3.8, 4) is 23.4 Å². The number of pyridine rings is 1. The topological polar surface area (TPSA) is 133 Å². The Balaban J connectivity index is 1.13. The van der Waals surface area contributed by atoms with Gasteiger partial charge in [0.15, 0.2) is 16.6 Å². The predicted octanol–water partition coefficient (Wildman–Crippen LogP) is 4.49. The average molecular weight is 598 g/mol. The number of nitrogens with zero attached hydrogens (tertiary/aromatic N) is 5. The van der Waals surface area contributed by atoms with Crippen molar-refractivity contribution in [1.29, 1.82) is 5.26 Å². The Morgan fingerprint density at radius 2 is 1.84 bits per heavy atom. The van der Waals surface area contributed by atoms with E-state index in [0.717, 1.165) is 44.6 Å². The monoisotopic (exact) mass is 597 g/mol. The summed E-state index contributed by atoms with van der Waals surface area (Å²) >= 11 is 1.27. The molecule has 2 fully saturated rings. The molecule has 43 heavy (non-hydrogen) atoms. The highest BCUT2D eigenvalue weighted by molar-refractivity contribution is 7.21. The highest BCUT2D eigenvalue weighted by Gasteiger charge is 2.45. The van der Waals surface area contributed by atoms with Crippen LogP contribution in [0.15, 0.2) is 54.6 Å². The number of amides is 2. The van der Waals surface area contributed by atoms with Gasteiger partial charge in [-0.25, -0.2) is 9.97 Å². The molecule has 220 valence electrons. The third-order valence-corrected chi connectivity index (χ3v) is 8.60. The van der Waals surface area contributed by atoms with Crippen molar-refractivity contribution in [3.63, 3.8) is 0 Å². The maximum absolute atomic E-state index is 13.1. The van der Waals surface area contributed by atoms with Gasteiger partial charge in [0.25, 0.3) is 5.91 Å². The highest BCUT2D eigenvalue weighted by Crippen LogP contribution is 2.47. The molecule has 2 aliphatic rings. The number of carbonyl (C=O) groups is 2. The van der Waals surface area contributed by atoms with Crippen LogP contribution in [0.3, 0.4) is 0 Å². The van der Waals surface area contributed by atoms with Gasteiger partial charge in [0, 0.05) is 49.6 Å². The molecular weight excluding hydrogens is 566 g/mol. The minimum atomic E-state index is -0.472. The SMILES string of the molecule is COc1ccc(NC(=O)c2cccc(C3(C#N)CC3)c2)cc1Oc1ccc2nc(NC(=O)CN3CCN(C)CC3)sc2n1. The van der Waals surface area contributed by atoms with Crippen LogP contribution in [0.25, 0.3) is 10.3 Å². The number of likely N-dealkylation sites (N-methyl/N-ethyl adjacent to an activating group) is 1. The van der Waals surface area contributed by atoms with Crippen molar-refractivity contribution in [1.82, 2.24) is 19.8 Å². The van der Waals surface area contributed by atoms with E-state index in [9.17, 15) is 14.9 Å². The van der Waals surface area contributed by atoms with E-state index >= 15 is 0 Å². The Hall–Kier alpha value is -4.57. The second-order valence-electron chi connectivity index (χ2n) is 10.8. The molecule has 0 atom stereocenters. The summed E-state index contributed by atoms with van der Waals surface area (Å²) in [4.78, 5) is 39.7. The number of aromatic nitrogens is 2. The van der Waals surface area contributed by atoms with Gasteiger partial charge in [0.1, 0.15) is 10.3 Å². The van der Waals surface area contributed by atoms with Crippen LogP contribution in [0.2, 0.25) is 0 Å². The van der Waals surface area contributed by atoms with Crippen LogP contribution in [-0.2, 0) is 10.2 Å². The Morgan fingerprint density at radius 1 is 1.02 bits per heavy atom. The van der Waals surface area contributed by atoms with Crippen molar-refractivity contribution in [2.75, 3.05) is 57.5 Å². The number of carbonyl (C=O) groups excluding carboxylic acids is 2. The zero-order chi connectivity index (χ0) is 30.0. The number of anilines is 2. The Bertz CT molecular complexity index is 1720. The molecule has 1 saturated carbocycles. The molecule has 1 aliphatic carbocycles. The number of methoxy groups -OCH3 is 1. The summed E-state index contributed by atoms with van der Waals surface area (Å²) in [6, 6.07) is 18.1. The summed E-state index contributed by atoms with van der Waals surface area (Å²) in [5, 5.41) is 15.8. The third kappa shape index (κ3) is 6.44. The maximum Gasteiger partial charge on any atom is 0.255 e. The summed E-state index contributed by atoms with van der Waals surface area (Å²) in [5.41, 5.74) is 2.02. The molecule has 3 heterocycles. The summed E-state index contributed by atoms with van der Waals surface area (Å²) in [6.45, 7) is 3.93. The lowest BCUT2D eigenvalue weighted by Gasteiger charge is -2.31. The minimum absolute atomic E-state index is 0.104. The van der Waals surface area contributed by atoms with Crippen molar-refractivity contribution >= 4 is 44.3 Å². The first-order valence-electron chi connectivity index (χ1n) is 14.0. The lowest BCUT2D eigenvalue weighted by Crippen LogP contribution is -2.47. The van der Waals surface area contributed by atoms with Gasteiger partial charge in [-0.15, -0.1) is 0 Å². The molecular formula is C31H31N7O4S. The summed E-state index contributed by atoms with van der Waals surface area (Å²) < 4.78 is 11.6. The van der Waals surface area contributed by atoms with Gasteiger partial charge >= 0.3 is 0 Å². The number of nitrogens with one attached hydrogen (secondary N) is 2. The van der Waals surface area contributed by atoms with E-state index in [1.54, 1.807) is 48.5 Å². The largest absolute Gasteiger partial charge is 0.493 e. The number of ether oxygens (including phenoxy) is 2. The molecule has 1 saturated heterocycles. The molecule has 0 unspecified atom stereocenters. The van der Waals surface area contributed by atoms with Crippen LogP contribution in [0.5, 0.6) is 17.4 Å². The smallest absolute Gasteiger partial charge is 0.255 e. The highest BCUT2D eigenvalue weighted by atomic mass is 32.1. The van der Waals surface area contributed by atoms with Gasteiger partial charge in [-0.1, -0.05) is 23.5 Å². The Kier molecular flexibility index (Phi) is 7.94. The Labute approximate surface area is 253 Å². The second kappa shape index (κ2) is 12.0. The lowest BCUT2D eigenvalue weighted by atomic mass is 9.96. The number of benzene rings is 2. The molecule has 0 spiro atoms. The fourth-order valence-electron chi connectivity index (χ4n) is 4.98. The molecule has 2 aromatic carbocycles. The zero-order valence-corrected chi connectivity index (χ0v) is 24.7. The van der Waals surface area contributed by atoms with E-state index in [-0.39, 0.29) is 11.8 Å². The number of nitriles is 1. The number of hydrogen-bond acceptors (Lipinski definition) is 10. The quantitative estimate of drug-likeness (QED) is 0.286. The van der Waals surface area contributed by atoms with E-state index in [4.69, 9.17) is 9.47 Å². The Morgan fingerprint density at radius 3 is 2.58 bits per heavy atom. The van der Waals surface area contributed by atoms with Crippen LogP contribution in [0.1, 0.15) is 28.8 Å². The van der Waals surface area contributed by atoms with Crippen LogP contribution in [0.4, 0.5) is 10.8 Å². The van der Waals surface area contributed by atoms with Crippen LogP contribution >= 0.6 is 11.3 Å². The number of fused-ring (bicyclic) bond motifs is 1. The van der Waals surface area contributed by atoms with Gasteiger partial charge in [0.2, 0.25) is 11.8 Å². The maximum atomic E-state index is 13.1. The number of thiazole rings is 1. The van der Waals surface area contributed by atoms with Crippen molar-refractivity contribution in [2.24, 2.45) is 0 Å². The molecule has 2 N–H and O–H groups in total. The first kappa shape index (κ1) is 28.5.